The van der Waals surface area contributed by atoms with Gasteiger partial charge in [0.15, 0.2) is 5.11 Å². The van der Waals surface area contributed by atoms with Gasteiger partial charge in [-0.3, -0.25) is 0 Å². The molecular weight excluding hydrogens is 310 g/mol. The molecule has 0 unspecified atom stereocenters. The molecule has 1 heterocycles. The van der Waals surface area contributed by atoms with Gasteiger partial charge in [0.25, 0.3) is 0 Å². The number of hydrogen-bond donors (Lipinski definition) is 3. The molecule has 1 atom stereocenters. The monoisotopic (exact) mass is 334 g/mol. The average molecular weight is 335 g/mol. The Kier molecular flexibility index (Phi) is 5.94. The lowest BCUT2D eigenvalue weighted by atomic mass is 10.1. The van der Waals surface area contributed by atoms with Gasteiger partial charge >= 0.3 is 0 Å². The van der Waals surface area contributed by atoms with Gasteiger partial charge in [0, 0.05) is 5.69 Å². The summed E-state index contributed by atoms with van der Waals surface area (Å²) in [5.41, 5.74) is 3.57. The minimum absolute atomic E-state index is 0.401. The molecule has 2 rings (SSSR count). The Bertz CT molecular complexity index is 621. The summed E-state index contributed by atoms with van der Waals surface area (Å²) >= 11 is 7.24. The van der Waals surface area contributed by atoms with Crippen LogP contribution in [0.2, 0.25) is 0 Å². The molecular formula is C17H24N3S2+. The van der Waals surface area contributed by atoms with Crippen molar-refractivity contribution in [2.45, 2.75) is 19.9 Å². The summed E-state index contributed by atoms with van der Waals surface area (Å²) in [6.45, 7) is 5.04. The number of aryl methyl sites for hydroxylation is 1. The largest absolute Gasteiger partial charge is 0.356 e. The predicted octanol–water partition coefficient (Wildman–Crippen LogP) is 2.54. The molecule has 118 valence electrons. The van der Waals surface area contributed by atoms with Crippen molar-refractivity contribution < 1.29 is 4.90 Å². The highest BCUT2D eigenvalue weighted by Crippen LogP contribution is 2.18. The molecule has 0 bridgehead atoms. The highest BCUT2D eigenvalue weighted by atomic mass is 32.1. The number of benzene rings is 1. The van der Waals surface area contributed by atoms with E-state index in [4.69, 9.17) is 12.2 Å². The summed E-state index contributed by atoms with van der Waals surface area (Å²) in [5, 5.41) is 9.46. The van der Waals surface area contributed by atoms with Crippen molar-refractivity contribution in [3.63, 3.8) is 0 Å². The van der Waals surface area contributed by atoms with Gasteiger partial charge in [-0.15, -0.1) is 11.3 Å². The molecule has 1 aromatic heterocycles. The fourth-order valence-corrected chi connectivity index (χ4v) is 3.47. The van der Waals surface area contributed by atoms with Gasteiger partial charge < -0.3 is 15.5 Å². The minimum atomic E-state index is 0.401. The van der Waals surface area contributed by atoms with Crippen molar-refractivity contribution in [3.8, 4) is 0 Å². The lowest BCUT2D eigenvalue weighted by Crippen LogP contribution is -3.06. The molecule has 1 aromatic carbocycles. The van der Waals surface area contributed by atoms with Crippen LogP contribution in [0.4, 0.5) is 5.69 Å². The molecule has 0 spiro atoms. The zero-order valence-corrected chi connectivity index (χ0v) is 15.2. The maximum Gasteiger partial charge on any atom is 0.171 e. The van der Waals surface area contributed by atoms with Crippen molar-refractivity contribution >= 4 is 34.4 Å². The van der Waals surface area contributed by atoms with Crippen LogP contribution in [-0.4, -0.2) is 25.8 Å². The van der Waals surface area contributed by atoms with E-state index in [1.807, 2.05) is 6.07 Å². The maximum absolute atomic E-state index is 5.45. The summed E-state index contributed by atoms with van der Waals surface area (Å²) in [5.74, 6) is 0. The summed E-state index contributed by atoms with van der Waals surface area (Å²) in [6.07, 6.45) is 0. The molecule has 0 saturated carbocycles. The third-order valence-electron chi connectivity index (χ3n) is 3.90. The van der Waals surface area contributed by atoms with Gasteiger partial charge in [-0.05, 0) is 54.7 Å². The zero-order chi connectivity index (χ0) is 16.1. The highest BCUT2D eigenvalue weighted by Gasteiger charge is 2.19. The summed E-state index contributed by atoms with van der Waals surface area (Å²) in [6, 6.07) is 10.9. The van der Waals surface area contributed by atoms with E-state index in [9.17, 15) is 0 Å². The lowest BCUT2D eigenvalue weighted by Gasteiger charge is -2.22. The van der Waals surface area contributed by atoms with E-state index >= 15 is 0 Å². The fraction of sp³-hybridized carbons (Fsp3) is 0.353. The number of thiocarbonyl (C=S) groups is 1. The SMILES string of the molecule is Cc1cccc(NC(=S)NC[C@@H](c2cccs2)[NH+](C)C)c1C. The van der Waals surface area contributed by atoms with E-state index in [1.54, 1.807) is 11.3 Å². The van der Waals surface area contributed by atoms with Crippen LogP contribution in [0, 0.1) is 13.8 Å². The van der Waals surface area contributed by atoms with Crippen molar-refractivity contribution in [1.29, 1.82) is 0 Å². The first-order chi connectivity index (χ1) is 10.5. The van der Waals surface area contributed by atoms with E-state index in [-0.39, 0.29) is 0 Å². The van der Waals surface area contributed by atoms with Crippen molar-refractivity contribution in [2.75, 3.05) is 26.0 Å². The number of rotatable bonds is 5. The first kappa shape index (κ1) is 16.9. The van der Waals surface area contributed by atoms with E-state index in [2.05, 4.69) is 68.2 Å². The van der Waals surface area contributed by atoms with E-state index < -0.39 is 0 Å². The van der Waals surface area contributed by atoms with Crippen LogP contribution in [0.1, 0.15) is 22.0 Å². The number of nitrogens with one attached hydrogen (secondary N) is 3. The van der Waals surface area contributed by atoms with Crippen LogP contribution < -0.4 is 15.5 Å². The molecule has 2 aromatic rings. The molecule has 0 radical (unpaired) electrons. The Labute approximate surface area is 142 Å². The Morgan fingerprint density at radius 2 is 2.00 bits per heavy atom. The van der Waals surface area contributed by atoms with Crippen molar-refractivity contribution in [3.05, 3.63) is 51.7 Å². The molecule has 0 aliphatic rings. The van der Waals surface area contributed by atoms with E-state index in [0.717, 1.165) is 12.2 Å². The summed E-state index contributed by atoms with van der Waals surface area (Å²) in [7, 11) is 4.35. The predicted molar refractivity (Wildman–Crippen MR) is 100 cm³/mol. The topological polar surface area (TPSA) is 28.5 Å². The molecule has 0 fully saturated rings. The van der Waals surface area contributed by atoms with Crippen LogP contribution in [0.25, 0.3) is 0 Å². The summed E-state index contributed by atoms with van der Waals surface area (Å²) < 4.78 is 0. The van der Waals surface area contributed by atoms with Crippen molar-refractivity contribution in [2.24, 2.45) is 0 Å². The third kappa shape index (κ3) is 4.29. The first-order valence-electron chi connectivity index (χ1n) is 7.43. The normalized spacial score (nSPS) is 12.2. The van der Waals surface area contributed by atoms with Gasteiger partial charge in [0.1, 0.15) is 6.04 Å². The van der Waals surface area contributed by atoms with Crippen LogP contribution in [0.3, 0.4) is 0 Å². The second-order valence-electron chi connectivity index (χ2n) is 5.73. The van der Waals surface area contributed by atoms with Crippen molar-refractivity contribution in [1.82, 2.24) is 5.32 Å². The molecule has 5 heteroatoms. The van der Waals surface area contributed by atoms with Gasteiger partial charge in [0.05, 0.1) is 25.5 Å². The Balaban J connectivity index is 1.96. The van der Waals surface area contributed by atoms with E-state index in [1.165, 1.54) is 20.9 Å². The Morgan fingerprint density at radius 3 is 2.64 bits per heavy atom. The molecule has 0 saturated heterocycles. The van der Waals surface area contributed by atoms with E-state index in [0.29, 0.717) is 11.2 Å². The molecule has 0 amide bonds. The quantitative estimate of drug-likeness (QED) is 0.734. The maximum atomic E-state index is 5.45. The fourth-order valence-electron chi connectivity index (χ4n) is 2.33. The van der Waals surface area contributed by atoms with Gasteiger partial charge in [-0.25, -0.2) is 0 Å². The van der Waals surface area contributed by atoms with Crippen LogP contribution in [0.5, 0.6) is 0 Å². The highest BCUT2D eigenvalue weighted by molar-refractivity contribution is 7.80. The van der Waals surface area contributed by atoms with Crippen LogP contribution >= 0.6 is 23.6 Å². The minimum Gasteiger partial charge on any atom is -0.356 e. The average Bonchev–Trinajstić information content (AvgIpc) is 2.98. The second-order valence-corrected chi connectivity index (χ2v) is 7.12. The van der Waals surface area contributed by atoms with Gasteiger partial charge in [0.2, 0.25) is 0 Å². The number of thiophene rings is 1. The van der Waals surface area contributed by atoms with Crippen LogP contribution in [0.15, 0.2) is 35.7 Å². The molecule has 3 N–H and O–H groups in total. The number of likely N-dealkylation sites (N-methyl/N-ethyl adjacent to an activating group) is 1. The smallest absolute Gasteiger partial charge is 0.171 e. The molecule has 22 heavy (non-hydrogen) atoms. The van der Waals surface area contributed by atoms with Crippen LogP contribution in [-0.2, 0) is 0 Å². The first-order valence-corrected chi connectivity index (χ1v) is 8.72. The molecule has 0 aliphatic carbocycles. The van der Waals surface area contributed by atoms with Gasteiger partial charge in [-0.1, -0.05) is 18.2 Å². The standard InChI is InChI=1S/C17H23N3S2/c1-12-7-5-8-14(13(12)2)19-17(21)18-11-15(20(3)4)16-9-6-10-22-16/h5-10,15H,11H2,1-4H3,(H2,18,19,21)/p+1/t15-/m0/s1. The Morgan fingerprint density at radius 1 is 1.23 bits per heavy atom. The second kappa shape index (κ2) is 7.72. The number of anilines is 1. The Hall–Kier alpha value is -1.43. The molecule has 3 nitrogen and oxygen atoms in total. The third-order valence-corrected chi connectivity index (χ3v) is 5.14. The summed E-state index contributed by atoms with van der Waals surface area (Å²) in [4.78, 5) is 2.77. The molecule has 0 aliphatic heterocycles. The van der Waals surface area contributed by atoms with Gasteiger partial charge in [-0.2, -0.15) is 0 Å². The number of quaternary nitrogens is 1. The lowest BCUT2D eigenvalue weighted by molar-refractivity contribution is -0.890. The number of hydrogen-bond acceptors (Lipinski definition) is 2. The zero-order valence-electron chi connectivity index (χ0n) is 13.6.